The number of ether oxygens (including phenoxy) is 1. The summed E-state index contributed by atoms with van der Waals surface area (Å²) in [4.78, 5) is 11.8. The van der Waals surface area contributed by atoms with Crippen LogP contribution >= 0.6 is 0 Å². The van der Waals surface area contributed by atoms with Crippen molar-refractivity contribution in [1.82, 2.24) is 0 Å². The molecule has 2 rings (SSSR count). The van der Waals surface area contributed by atoms with Crippen molar-refractivity contribution in [3.8, 4) is 11.5 Å². The van der Waals surface area contributed by atoms with Gasteiger partial charge in [0, 0.05) is 11.5 Å². The van der Waals surface area contributed by atoms with Gasteiger partial charge in [0.15, 0.2) is 0 Å². The Hall–Kier alpha value is -2.23. The van der Waals surface area contributed by atoms with E-state index in [0.29, 0.717) is 29.1 Å². The van der Waals surface area contributed by atoms with Gasteiger partial charge in [-0.3, -0.25) is 0 Å². The number of aromatic hydroxyl groups is 1. The van der Waals surface area contributed by atoms with Gasteiger partial charge < -0.3 is 14.9 Å². The fraction of sp³-hybridized carbons (Fsp3) is 0.476. The van der Waals surface area contributed by atoms with Gasteiger partial charge in [-0.1, -0.05) is 31.6 Å². The number of aryl methyl sites for hydroxylation is 1. The van der Waals surface area contributed by atoms with E-state index in [2.05, 4.69) is 26.5 Å². The molecule has 136 valence electrons. The van der Waals surface area contributed by atoms with E-state index < -0.39 is 5.97 Å². The summed E-state index contributed by atoms with van der Waals surface area (Å²) < 4.78 is 5.79. The largest absolute Gasteiger partial charge is 0.507 e. The van der Waals surface area contributed by atoms with Crippen LogP contribution in [-0.2, 0) is 6.42 Å². The molecule has 1 aliphatic carbocycles. The molecule has 0 radical (unpaired) electrons. The Morgan fingerprint density at radius 2 is 2.16 bits per heavy atom. The third-order valence-corrected chi connectivity index (χ3v) is 4.62. The Bertz CT molecular complexity index is 700. The van der Waals surface area contributed by atoms with E-state index in [4.69, 9.17) is 4.74 Å². The Balaban J connectivity index is 2.65. The summed E-state index contributed by atoms with van der Waals surface area (Å²) in [6, 6.07) is 1.78. The van der Waals surface area contributed by atoms with Crippen molar-refractivity contribution in [3.05, 3.63) is 46.7 Å². The molecule has 1 aromatic rings. The number of unbranched alkanes of at least 4 members (excludes halogenated alkanes) is 1. The molecule has 0 aliphatic heterocycles. The molecule has 0 saturated carbocycles. The molecule has 0 bridgehead atoms. The first kappa shape index (κ1) is 19.1. The van der Waals surface area contributed by atoms with E-state index in [1.807, 2.05) is 0 Å². The molecule has 4 nitrogen and oxygen atoms in total. The Morgan fingerprint density at radius 3 is 2.72 bits per heavy atom. The summed E-state index contributed by atoms with van der Waals surface area (Å²) in [5, 5.41) is 20.5. The highest BCUT2D eigenvalue weighted by Crippen LogP contribution is 2.44. The second-order valence-corrected chi connectivity index (χ2v) is 6.90. The number of aromatic carboxylic acids is 1. The Morgan fingerprint density at radius 1 is 1.44 bits per heavy atom. The maximum absolute atomic E-state index is 11.8. The van der Waals surface area contributed by atoms with Crippen molar-refractivity contribution in [3.63, 3.8) is 0 Å². The van der Waals surface area contributed by atoms with Crippen molar-refractivity contribution < 1.29 is 19.7 Å². The number of carbonyl (C=O) groups is 1. The van der Waals surface area contributed by atoms with Crippen LogP contribution in [0.15, 0.2) is 30.1 Å². The molecule has 25 heavy (non-hydrogen) atoms. The van der Waals surface area contributed by atoms with Crippen LogP contribution in [-0.4, -0.2) is 16.2 Å². The molecule has 1 aliphatic rings. The Labute approximate surface area is 149 Å². The molecule has 0 saturated heterocycles. The first-order chi connectivity index (χ1) is 11.8. The molecule has 1 atom stereocenters. The number of benzene rings is 1. The van der Waals surface area contributed by atoms with Gasteiger partial charge in [0.1, 0.15) is 17.1 Å². The van der Waals surface area contributed by atoms with Gasteiger partial charge in [0.05, 0.1) is 5.76 Å². The lowest BCUT2D eigenvalue weighted by Gasteiger charge is -2.25. The van der Waals surface area contributed by atoms with Gasteiger partial charge in [0.2, 0.25) is 0 Å². The topological polar surface area (TPSA) is 66.8 Å². The number of allylic oxidation sites excluding steroid dienone is 3. The van der Waals surface area contributed by atoms with E-state index >= 15 is 0 Å². The fourth-order valence-electron chi connectivity index (χ4n) is 3.48. The lowest BCUT2D eigenvalue weighted by molar-refractivity contribution is 0.0692. The van der Waals surface area contributed by atoms with E-state index in [9.17, 15) is 15.0 Å². The summed E-state index contributed by atoms with van der Waals surface area (Å²) in [6.45, 7) is 9.66. The number of carboxylic acids is 1. The SMILES string of the molecule is C=C(C)Oc1cc(CCCC)c(C(=O)O)c(O)c1[C@@H]1C=C(C)CCC1. The molecule has 0 fully saturated rings. The molecule has 1 aromatic carbocycles. The molecule has 0 heterocycles. The predicted octanol–water partition coefficient (Wildman–Crippen LogP) is 5.56. The second kappa shape index (κ2) is 8.24. The maximum atomic E-state index is 11.8. The minimum atomic E-state index is -1.09. The zero-order valence-corrected chi connectivity index (χ0v) is 15.4. The lowest BCUT2D eigenvalue weighted by atomic mass is 9.83. The summed E-state index contributed by atoms with van der Waals surface area (Å²) in [7, 11) is 0. The van der Waals surface area contributed by atoms with Crippen LogP contribution in [0.3, 0.4) is 0 Å². The first-order valence-corrected chi connectivity index (χ1v) is 8.97. The van der Waals surface area contributed by atoms with Crippen LogP contribution in [0.2, 0.25) is 0 Å². The summed E-state index contributed by atoms with van der Waals surface area (Å²) >= 11 is 0. The van der Waals surface area contributed by atoms with Crippen molar-refractivity contribution >= 4 is 5.97 Å². The summed E-state index contributed by atoms with van der Waals surface area (Å²) in [5.74, 6) is -0.253. The van der Waals surface area contributed by atoms with E-state index in [1.165, 1.54) is 5.57 Å². The van der Waals surface area contributed by atoms with E-state index in [-0.39, 0.29) is 17.2 Å². The molecule has 0 unspecified atom stereocenters. The minimum Gasteiger partial charge on any atom is -0.507 e. The van der Waals surface area contributed by atoms with Crippen LogP contribution < -0.4 is 4.74 Å². The third-order valence-electron chi connectivity index (χ3n) is 4.62. The normalized spacial score (nSPS) is 17.1. The van der Waals surface area contributed by atoms with Crippen molar-refractivity contribution in [1.29, 1.82) is 0 Å². The predicted molar refractivity (Wildman–Crippen MR) is 99.5 cm³/mol. The molecule has 0 aromatic heterocycles. The van der Waals surface area contributed by atoms with Gasteiger partial charge >= 0.3 is 5.97 Å². The quantitative estimate of drug-likeness (QED) is 0.502. The standard InChI is InChI=1S/C21H28O4/c1-5-6-9-16-12-17(25-13(2)3)18(20(22)19(16)21(23)24)15-10-7-8-14(4)11-15/h11-12,15,22H,2,5-10H2,1,3-4H3,(H,23,24)/t15-/m0/s1. The first-order valence-electron chi connectivity index (χ1n) is 8.97. The third kappa shape index (κ3) is 4.44. The summed E-state index contributed by atoms with van der Waals surface area (Å²) in [5.41, 5.74) is 2.45. The van der Waals surface area contributed by atoms with E-state index in [1.54, 1.807) is 13.0 Å². The minimum absolute atomic E-state index is 0.00846. The zero-order chi connectivity index (χ0) is 18.6. The molecule has 0 amide bonds. The van der Waals surface area contributed by atoms with Crippen LogP contribution in [0.4, 0.5) is 0 Å². The fourth-order valence-corrected chi connectivity index (χ4v) is 3.48. The Kier molecular flexibility index (Phi) is 6.29. The number of rotatable bonds is 7. The molecule has 2 N–H and O–H groups in total. The van der Waals surface area contributed by atoms with Crippen molar-refractivity contribution in [2.75, 3.05) is 0 Å². The summed E-state index contributed by atoms with van der Waals surface area (Å²) in [6.07, 6.45) is 7.42. The average molecular weight is 344 g/mol. The number of carboxylic acid groups (broad SMARTS) is 1. The number of hydrogen-bond acceptors (Lipinski definition) is 3. The molecular formula is C21H28O4. The highest BCUT2D eigenvalue weighted by Gasteiger charge is 2.28. The van der Waals surface area contributed by atoms with Crippen molar-refractivity contribution in [2.45, 2.75) is 65.2 Å². The molecular weight excluding hydrogens is 316 g/mol. The monoisotopic (exact) mass is 344 g/mol. The van der Waals surface area contributed by atoms with Crippen LogP contribution in [0.25, 0.3) is 0 Å². The van der Waals surface area contributed by atoms with Crippen LogP contribution in [0.1, 0.15) is 80.3 Å². The van der Waals surface area contributed by atoms with Crippen LogP contribution in [0.5, 0.6) is 11.5 Å². The zero-order valence-electron chi connectivity index (χ0n) is 15.4. The van der Waals surface area contributed by atoms with Gasteiger partial charge in [-0.15, -0.1) is 0 Å². The number of hydrogen-bond donors (Lipinski definition) is 2. The smallest absolute Gasteiger partial charge is 0.339 e. The van der Waals surface area contributed by atoms with Crippen molar-refractivity contribution in [2.24, 2.45) is 0 Å². The lowest BCUT2D eigenvalue weighted by Crippen LogP contribution is -2.11. The maximum Gasteiger partial charge on any atom is 0.339 e. The molecule has 0 spiro atoms. The van der Waals surface area contributed by atoms with Crippen LogP contribution in [0, 0.1) is 0 Å². The van der Waals surface area contributed by atoms with Gasteiger partial charge in [-0.2, -0.15) is 0 Å². The highest BCUT2D eigenvalue weighted by atomic mass is 16.5. The molecule has 4 heteroatoms. The van der Waals surface area contributed by atoms with Gasteiger partial charge in [-0.05, 0) is 57.6 Å². The highest BCUT2D eigenvalue weighted by molar-refractivity contribution is 5.94. The van der Waals surface area contributed by atoms with E-state index in [0.717, 1.165) is 32.1 Å². The second-order valence-electron chi connectivity index (χ2n) is 6.90. The van der Waals surface area contributed by atoms with Gasteiger partial charge in [-0.25, -0.2) is 4.79 Å². The average Bonchev–Trinajstić information content (AvgIpc) is 2.51. The van der Waals surface area contributed by atoms with Gasteiger partial charge in [0.25, 0.3) is 0 Å². The number of phenols is 1.